The van der Waals surface area contributed by atoms with Gasteiger partial charge >= 0.3 is 0 Å². The van der Waals surface area contributed by atoms with Gasteiger partial charge in [-0.15, -0.1) is 0 Å². The summed E-state index contributed by atoms with van der Waals surface area (Å²) in [6, 6.07) is 4.82. The zero-order valence-electron chi connectivity index (χ0n) is 9.23. The van der Waals surface area contributed by atoms with Crippen molar-refractivity contribution in [1.82, 2.24) is 0 Å². The van der Waals surface area contributed by atoms with Gasteiger partial charge in [0.25, 0.3) is 0 Å². The lowest BCUT2D eigenvalue weighted by atomic mass is 9.88. The summed E-state index contributed by atoms with van der Waals surface area (Å²) in [6.45, 7) is 6.22. The van der Waals surface area contributed by atoms with Crippen LogP contribution in [0.3, 0.4) is 0 Å². The van der Waals surface area contributed by atoms with Crippen LogP contribution >= 0.6 is 0 Å². The monoisotopic (exact) mass is 208 g/mol. The SMILES string of the molecule is CCC1(C)CNc2ccc(F)cc2NC1. The summed E-state index contributed by atoms with van der Waals surface area (Å²) in [7, 11) is 0. The summed E-state index contributed by atoms with van der Waals surface area (Å²) >= 11 is 0. The van der Waals surface area contributed by atoms with Crippen LogP contribution in [-0.2, 0) is 0 Å². The number of halogens is 1. The Morgan fingerprint density at radius 1 is 1.27 bits per heavy atom. The molecule has 2 nitrogen and oxygen atoms in total. The normalized spacial score (nSPS) is 24.7. The molecule has 0 radical (unpaired) electrons. The largest absolute Gasteiger partial charge is 0.383 e. The third kappa shape index (κ3) is 2.06. The highest BCUT2D eigenvalue weighted by Gasteiger charge is 2.25. The van der Waals surface area contributed by atoms with Crippen LogP contribution in [0.25, 0.3) is 0 Å². The van der Waals surface area contributed by atoms with E-state index in [4.69, 9.17) is 0 Å². The third-order valence-corrected chi connectivity index (χ3v) is 3.25. The van der Waals surface area contributed by atoms with E-state index >= 15 is 0 Å². The maximum Gasteiger partial charge on any atom is 0.125 e. The average molecular weight is 208 g/mol. The van der Waals surface area contributed by atoms with Crippen molar-refractivity contribution in [2.24, 2.45) is 5.41 Å². The summed E-state index contributed by atoms with van der Waals surface area (Å²) < 4.78 is 13.0. The second kappa shape index (κ2) is 3.72. The Morgan fingerprint density at radius 3 is 2.60 bits per heavy atom. The Hall–Kier alpha value is -1.25. The van der Waals surface area contributed by atoms with Gasteiger partial charge in [-0.25, -0.2) is 4.39 Å². The molecular formula is C12H17FN2. The molecule has 2 rings (SSSR count). The van der Waals surface area contributed by atoms with E-state index in [1.54, 1.807) is 12.1 Å². The predicted molar refractivity (Wildman–Crippen MR) is 61.8 cm³/mol. The molecule has 2 N–H and O–H groups in total. The molecule has 1 aliphatic heterocycles. The Morgan fingerprint density at radius 2 is 1.93 bits per heavy atom. The standard InChI is InChI=1S/C12H17FN2/c1-3-12(2)7-14-10-5-4-9(13)6-11(10)15-8-12/h4-6,14-15H,3,7-8H2,1-2H3. The number of anilines is 2. The van der Waals surface area contributed by atoms with Gasteiger partial charge in [0.05, 0.1) is 11.4 Å². The van der Waals surface area contributed by atoms with Gasteiger partial charge < -0.3 is 10.6 Å². The zero-order valence-corrected chi connectivity index (χ0v) is 9.23. The molecule has 0 aromatic heterocycles. The Kier molecular flexibility index (Phi) is 2.55. The molecular weight excluding hydrogens is 191 g/mol. The lowest BCUT2D eigenvalue weighted by Crippen LogP contribution is -2.30. The average Bonchev–Trinajstić information content (AvgIpc) is 2.40. The van der Waals surface area contributed by atoms with Crippen LogP contribution in [0.4, 0.5) is 15.8 Å². The van der Waals surface area contributed by atoms with Crippen molar-refractivity contribution in [3.63, 3.8) is 0 Å². The fourth-order valence-corrected chi connectivity index (χ4v) is 1.75. The van der Waals surface area contributed by atoms with E-state index in [9.17, 15) is 4.39 Å². The molecule has 0 saturated heterocycles. The Balaban J connectivity index is 2.25. The van der Waals surface area contributed by atoms with E-state index < -0.39 is 0 Å². The molecule has 1 unspecified atom stereocenters. The summed E-state index contributed by atoms with van der Waals surface area (Å²) in [6.07, 6.45) is 1.10. The van der Waals surface area contributed by atoms with Gasteiger partial charge in [-0.3, -0.25) is 0 Å². The highest BCUT2D eigenvalue weighted by Crippen LogP contribution is 2.31. The second-order valence-electron chi connectivity index (χ2n) is 4.56. The number of rotatable bonds is 1. The van der Waals surface area contributed by atoms with Crippen LogP contribution < -0.4 is 10.6 Å². The van der Waals surface area contributed by atoms with E-state index in [0.717, 1.165) is 30.9 Å². The minimum Gasteiger partial charge on any atom is -0.383 e. The van der Waals surface area contributed by atoms with Gasteiger partial charge in [0.1, 0.15) is 5.82 Å². The van der Waals surface area contributed by atoms with E-state index in [1.165, 1.54) is 6.07 Å². The molecule has 82 valence electrons. The first kappa shape index (κ1) is 10.3. The third-order valence-electron chi connectivity index (χ3n) is 3.25. The van der Waals surface area contributed by atoms with Crippen LogP contribution in [-0.4, -0.2) is 13.1 Å². The predicted octanol–water partition coefficient (Wildman–Crippen LogP) is 3.08. The van der Waals surface area contributed by atoms with E-state index in [1.807, 2.05) is 0 Å². The molecule has 0 aliphatic carbocycles. The topological polar surface area (TPSA) is 24.1 Å². The van der Waals surface area contributed by atoms with E-state index in [0.29, 0.717) is 0 Å². The molecule has 1 aliphatic rings. The van der Waals surface area contributed by atoms with Gasteiger partial charge in [0.2, 0.25) is 0 Å². The van der Waals surface area contributed by atoms with Crippen LogP contribution in [0.2, 0.25) is 0 Å². The number of nitrogens with one attached hydrogen (secondary N) is 2. The molecule has 15 heavy (non-hydrogen) atoms. The molecule has 0 amide bonds. The van der Waals surface area contributed by atoms with Gasteiger partial charge in [-0.05, 0) is 24.6 Å². The maximum atomic E-state index is 13.0. The number of benzene rings is 1. The Bertz CT molecular complexity index is 365. The molecule has 0 bridgehead atoms. The molecule has 1 aromatic carbocycles. The van der Waals surface area contributed by atoms with Crippen LogP contribution in [0.5, 0.6) is 0 Å². The summed E-state index contributed by atoms with van der Waals surface area (Å²) in [5.41, 5.74) is 2.09. The van der Waals surface area contributed by atoms with Crippen molar-refractivity contribution in [3.8, 4) is 0 Å². The lowest BCUT2D eigenvalue weighted by Gasteiger charge is -2.26. The van der Waals surface area contributed by atoms with Crippen molar-refractivity contribution >= 4 is 11.4 Å². The fraction of sp³-hybridized carbons (Fsp3) is 0.500. The van der Waals surface area contributed by atoms with Gasteiger partial charge in [0, 0.05) is 18.5 Å². The number of fused-ring (bicyclic) bond motifs is 1. The van der Waals surface area contributed by atoms with E-state index in [-0.39, 0.29) is 11.2 Å². The number of hydrogen-bond acceptors (Lipinski definition) is 2. The fourth-order valence-electron chi connectivity index (χ4n) is 1.75. The first-order valence-electron chi connectivity index (χ1n) is 5.40. The van der Waals surface area contributed by atoms with Crippen molar-refractivity contribution < 1.29 is 4.39 Å². The lowest BCUT2D eigenvalue weighted by molar-refractivity contribution is 0.361. The van der Waals surface area contributed by atoms with Crippen LogP contribution in [0.1, 0.15) is 20.3 Å². The zero-order chi connectivity index (χ0) is 10.9. The quantitative estimate of drug-likeness (QED) is 0.741. The molecule has 1 heterocycles. The first-order valence-corrected chi connectivity index (χ1v) is 5.40. The van der Waals surface area contributed by atoms with E-state index in [2.05, 4.69) is 24.5 Å². The summed E-state index contributed by atoms with van der Waals surface area (Å²) in [4.78, 5) is 0. The van der Waals surface area contributed by atoms with Crippen molar-refractivity contribution in [1.29, 1.82) is 0 Å². The first-order chi connectivity index (χ1) is 7.13. The van der Waals surface area contributed by atoms with Gasteiger partial charge in [0.15, 0.2) is 0 Å². The van der Waals surface area contributed by atoms with Crippen molar-refractivity contribution in [3.05, 3.63) is 24.0 Å². The van der Waals surface area contributed by atoms with Gasteiger partial charge in [-0.2, -0.15) is 0 Å². The molecule has 1 aromatic rings. The van der Waals surface area contributed by atoms with Crippen LogP contribution in [0.15, 0.2) is 18.2 Å². The molecule has 0 fully saturated rings. The van der Waals surface area contributed by atoms with Crippen molar-refractivity contribution in [2.75, 3.05) is 23.7 Å². The minimum absolute atomic E-state index is 0.192. The maximum absolute atomic E-state index is 13.0. The molecule has 0 saturated carbocycles. The second-order valence-corrected chi connectivity index (χ2v) is 4.56. The van der Waals surface area contributed by atoms with Crippen molar-refractivity contribution in [2.45, 2.75) is 20.3 Å². The number of hydrogen-bond donors (Lipinski definition) is 2. The molecule has 3 heteroatoms. The minimum atomic E-state index is -0.192. The van der Waals surface area contributed by atoms with Gasteiger partial charge in [-0.1, -0.05) is 13.8 Å². The summed E-state index contributed by atoms with van der Waals surface area (Å²) in [5, 5.41) is 6.67. The smallest absolute Gasteiger partial charge is 0.125 e. The molecule has 0 spiro atoms. The summed E-state index contributed by atoms with van der Waals surface area (Å²) in [5.74, 6) is -0.192. The van der Waals surface area contributed by atoms with Crippen LogP contribution in [0, 0.1) is 11.2 Å². The molecule has 1 atom stereocenters. The highest BCUT2D eigenvalue weighted by atomic mass is 19.1. The highest BCUT2D eigenvalue weighted by molar-refractivity contribution is 5.69. The Labute approximate surface area is 89.9 Å².